The summed E-state index contributed by atoms with van der Waals surface area (Å²) in [6.45, 7) is 3.57. The smallest absolute Gasteiger partial charge is 0.240 e. The first-order chi connectivity index (χ1) is 24.0. The summed E-state index contributed by atoms with van der Waals surface area (Å²) in [5, 5.41) is 12.2. The third-order valence-corrected chi connectivity index (χ3v) is 10.4. The van der Waals surface area contributed by atoms with Crippen LogP contribution in [0.2, 0.25) is 0 Å². The van der Waals surface area contributed by atoms with Crippen LogP contribution < -0.4 is 25.6 Å². The first kappa shape index (κ1) is 35.8. The van der Waals surface area contributed by atoms with E-state index in [-0.39, 0.29) is 15.7 Å². The second-order valence-electron chi connectivity index (χ2n) is 11.0. The summed E-state index contributed by atoms with van der Waals surface area (Å²) in [7, 11) is -4.40. The van der Waals surface area contributed by atoms with Gasteiger partial charge in [-0.05, 0) is 93.0 Å². The van der Waals surface area contributed by atoms with Crippen LogP contribution in [0.1, 0.15) is 36.1 Å². The third kappa shape index (κ3) is 9.35. The Labute approximate surface area is 292 Å². The summed E-state index contributed by atoms with van der Waals surface area (Å²) in [5.41, 5.74) is 11.7. The second-order valence-corrected chi connectivity index (χ2v) is 14.8. The number of nitrogens with zero attached hydrogens (tertiary/aromatic N) is 4. The molecule has 0 saturated carbocycles. The lowest BCUT2D eigenvalue weighted by molar-refractivity contribution is 0.586. The largest absolute Gasteiger partial charge is 0.324 e. The van der Waals surface area contributed by atoms with Crippen LogP contribution in [-0.4, -0.2) is 52.3 Å². The lowest BCUT2D eigenvalue weighted by Crippen LogP contribution is -2.18. The maximum atomic E-state index is 12.1. The lowest BCUT2D eigenvalue weighted by Gasteiger charge is -2.11. The molecule has 258 valence electrons. The van der Waals surface area contributed by atoms with Crippen molar-refractivity contribution in [2.45, 2.75) is 30.1 Å². The van der Waals surface area contributed by atoms with Crippen molar-refractivity contribution in [1.82, 2.24) is 19.4 Å². The first-order valence-electron chi connectivity index (χ1n) is 15.4. The Hall–Kier alpha value is -5.48. The minimum absolute atomic E-state index is 0.148. The average Bonchev–Trinajstić information content (AvgIpc) is 3.14. The highest BCUT2D eigenvalue weighted by Gasteiger charge is 2.13. The van der Waals surface area contributed by atoms with Crippen molar-refractivity contribution in [3.05, 3.63) is 131 Å². The molecular weight excluding hydrogens is 675 g/mol. The summed E-state index contributed by atoms with van der Waals surface area (Å²) >= 11 is 0. The highest BCUT2D eigenvalue weighted by Crippen LogP contribution is 2.21. The molecule has 1 aromatic heterocycles. The second kappa shape index (κ2) is 15.8. The summed E-state index contributed by atoms with van der Waals surface area (Å²) < 4.78 is 53.0. The average molecular weight is 712 g/mol. The molecule has 0 aliphatic carbocycles. The van der Waals surface area contributed by atoms with E-state index in [9.17, 15) is 16.8 Å². The molecule has 15 heteroatoms. The number of anilines is 4. The Bertz CT molecular complexity index is 2100. The van der Waals surface area contributed by atoms with Crippen LogP contribution >= 0.6 is 0 Å². The molecule has 0 bridgehead atoms. The maximum Gasteiger partial charge on any atom is 0.240 e. The molecule has 5 rings (SSSR count). The molecule has 0 spiro atoms. The predicted octanol–water partition coefficient (Wildman–Crippen LogP) is 5.30. The van der Waals surface area contributed by atoms with Gasteiger partial charge in [0.1, 0.15) is 0 Å². The van der Waals surface area contributed by atoms with Gasteiger partial charge in [-0.15, -0.1) is 0 Å². The molecule has 5 aromatic rings. The van der Waals surface area contributed by atoms with Crippen molar-refractivity contribution >= 4 is 54.7 Å². The number of hydrogen-bond donors (Lipinski definition) is 5. The van der Waals surface area contributed by atoms with Crippen molar-refractivity contribution in [1.29, 1.82) is 0 Å². The standard InChI is InChI=1S/C35H37N9O4S2/c1-24(28-12-18-31(19-13-28)49(45,46)36-3)41-43-33-23-34(44-42-25(2)29-14-20-32(21-15-29)50(47,48)37-4)40-35(39-33)38-30-16-10-27(11-17-30)22-26-8-6-5-7-9-26/h5-21,23,36-37H,22H2,1-4H3,(H3,38,39,40,43,44). The Balaban J connectivity index is 1.38. The summed E-state index contributed by atoms with van der Waals surface area (Å²) in [6, 6.07) is 32.6. The van der Waals surface area contributed by atoms with E-state index in [0.29, 0.717) is 34.2 Å². The normalized spacial score (nSPS) is 12.4. The predicted molar refractivity (Wildman–Crippen MR) is 198 cm³/mol. The molecular formula is C35H37N9O4S2. The van der Waals surface area contributed by atoms with Crippen molar-refractivity contribution in [3.8, 4) is 0 Å². The number of nitrogens with one attached hydrogen (secondary N) is 5. The molecule has 0 radical (unpaired) electrons. The molecule has 1 heterocycles. The van der Waals surface area contributed by atoms with Crippen LogP contribution in [0, 0.1) is 0 Å². The summed E-state index contributed by atoms with van der Waals surface area (Å²) in [5.74, 6) is 0.986. The van der Waals surface area contributed by atoms with Crippen LogP contribution in [0.5, 0.6) is 0 Å². The highest BCUT2D eigenvalue weighted by atomic mass is 32.2. The zero-order chi connectivity index (χ0) is 35.7. The number of rotatable bonds is 14. The van der Waals surface area contributed by atoms with Gasteiger partial charge in [0.2, 0.25) is 26.0 Å². The molecule has 5 N–H and O–H groups in total. The minimum Gasteiger partial charge on any atom is -0.324 e. The van der Waals surface area contributed by atoms with E-state index in [2.05, 4.69) is 57.9 Å². The fraction of sp³-hybridized carbons (Fsp3) is 0.143. The van der Waals surface area contributed by atoms with Gasteiger partial charge < -0.3 is 5.32 Å². The monoisotopic (exact) mass is 711 g/mol. The number of aromatic nitrogens is 2. The first-order valence-corrected chi connectivity index (χ1v) is 18.4. The minimum atomic E-state index is -3.56. The number of sulfonamides is 2. The van der Waals surface area contributed by atoms with Gasteiger partial charge in [-0.1, -0.05) is 66.7 Å². The molecule has 0 aliphatic heterocycles. The van der Waals surface area contributed by atoms with E-state index in [0.717, 1.165) is 17.7 Å². The quantitative estimate of drug-likeness (QED) is 0.0755. The number of benzene rings is 4. The SMILES string of the molecule is CNS(=O)(=O)c1ccc(C(C)=NNc2cc(NN=C(C)c3ccc(S(=O)(=O)NC)cc3)nc(Nc3ccc(Cc4ccccc4)cc3)n2)cc1. The zero-order valence-corrected chi connectivity index (χ0v) is 29.5. The van der Waals surface area contributed by atoms with E-state index < -0.39 is 20.0 Å². The van der Waals surface area contributed by atoms with Crippen LogP contribution in [0.3, 0.4) is 0 Å². The molecule has 0 aliphatic rings. The van der Waals surface area contributed by atoms with Crippen LogP contribution in [0.25, 0.3) is 0 Å². The zero-order valence-electron chi connectivity index (χ0n) is 27.8. The van der Waals surface area contributed by atoms with E-state index in [4.69, 9.17) is 0 Å². The molecule has 0 unspecified atom stereocenters. The van der Waals surface area contributed by atoms with Gasteiger partial charge in [0, 0.05) is 11.8 Å². The molecule has 50 heavy (non-hydrogen) atoms. The molecule has 0 atom stereocenters. The lowest BCUT2D eigenvalue weighted by atomic mass is 10.0. The Morgan fingerprint density at radius 3 is 1.48 bits per heavy atom. The fourth-order valence-corrected chi connectivity index (χ4v) is 6.14. The van der Waals surface area contributed by atoms with Gasteiger partial charge >= 0.3 is 0 Å². The summed E-state index contributed by atoms with van der Waals surface area (Å²) in [4.78, 5) is 9.47. The van der Waals surface area contributed by atoms with E-state index in [1.807, 2.05) is 42.5 Å². The van der Waals surface area contributed by atoms with Gasteiger partial charge in [0.25, 0.3) is 0 Å². The number of hydrogen-bond acceptors (Lipinski definition) is 11. The molecule has 0 saturated heterocycles. The number of hydrazone groups is 2. The van der Waals surface area contributed by atoms with Crippen molar-refractivity contribution < 1.29 is 16.8 Å². The Kier molecular flexibility index (Phi) is 11.3. The van der Waals surface area contributed by atoms with Gasteiger partial charge in [-0.2, -0.15) is 20.2 Å². The van der Waals surface area contributed by atoms with Gasteiger partial charge in [0.05, 0.1) is 21.2 Å². The molecule has 13 nitrogen and oxygen atoms in total. The van der Waals surface area contributed by atoms with E-state index >= 15 is 0 Å². The topological polar surface area (TPSA) is 179 Å². The van der Waals surface area contributed by atoms with Gasteiger partial charge in [-0.3, -0.25) is 10.9 Å². The van der Waals surface area contributed by atoms with Crippen LogP contribution in [-0.2, 0) is 26.5 Å². The van der Waals surface area contributed by atoms with Gasteiger partial charge in [0.15, 0.2) is 11.6 Å². The van der Waals surface area contributed by atoms with Crippen LogP contribution in [0.4, 0.5) is 23.3 Å². The van der Waals surface area contributed by atoms with Crippen molar-refractivity contribution in [2.75, 3.05) is 30.3 Å². The molecule has 4 aromatic carbocycles. The third-order valence-electron chi connectivity index (χ3n) is 7.57. The Morgan fingerprint density at radius 2 is 1.04 bits per heavy atom. The van der Waals surface area contributed by atoms with Crippen molar-refractivity contribution in [3.63, 3.8) is 0 Å². The van der Waals surface area contributed by atoms with Crippen LogP contribution in [0.15, 0.2) is 129 Å². The maximum absolute atomic E-state index is 12.1. The Morgan fingerprint density at radius 1 is 0.600 bits per heavy atom. The van der Waals surface area contributed by atoms with Crippen molar-refractivity contribution in [2.24, 2.45) is 10.2 Å². The molecule has 0 fully saturated rings. The van der Waals surface area contributed by atoms with E-state index in [1.165, 1.54) is 43.9 Å². The molecule has 0 amide bonds. The van der Waals surface area contributed by atoms with E-state index in [1.54, 1.807) is 44.2 Å². The van der Waals surface area contributed by atoms with Gasteiger partial charge in [-0.25, -0.2) is 26.3 Å². The summed E-state index contributed by atoms with van der Waals surface area (Å²) in [6.07, 6.45) is 0.807. The fourth-order valence-electron chi connectivity index (χ4n) is 4.68. The highest BCUT2D eigenvalue weighted by molar-refractivity contribution is 7.89.